The molecule has 0 aromatic carbocycles. The average molecular weight is 298 g/mol. The van der Waals surface area contributed by atoms with Crippen molar-refractivity contribution in [1.82, 2.24) is 9.88 Å². The molecule has 4 N–H and O–H groups in total. The number of carbonyl (C=O) groups is 1. The third-order valence-corrected chi connectivity index (χ3v) is 4.50. The molecule has 1 aliphatic rings. The van der Waals surface area contributed by atoms with E-state index < -0.39 is 6.10 Å². The lowest BCUT2D eigenvalue weighted by Gasteiger charge is -2.25. The molecule has 2 rings (SSSR count). The van der Waals surface area contributed by atoms with Gasteiger partial charge in [0, 0.05) is 19.6 Å². The second-order valence-electron chi connectivity index (χ2n) is 5.37. The number of thiazole rings is 1. The molecule has 1 heterocycles. The number of aliphatic hydroxyl groups excluding tert-OH is 1. The van der Waals surface area contributed by atoms with E-state index in [9.17, 15) is 9.90 Å². The van der Waals surface area contributed by atoms with Crippen molar-refractivity contribution < 1.29 is 9.90 Å². The Balaban J connectivity index is 1.97. The Morgan fingerprint density at radius 2 is 2.35 bits per heavy atom. The predicted octanol–water partition coefficient (Wildman–Crippen LogP) is 1.53. The van der Waals surface area contributed by atoms with E-state index in [0.717, 1.165) is 18.0 Å². The summed E-state index contributed by atoms with van der Waals surface area (Å²) in [5.41, 5.74) is 5.83. The molecule has 1 atom stereocenters. The maximum Gasteiger partial charge on any atom is 0.267 e. The van der Waals surface area contributed by atoms with Crippen LogP contribution < -0.4 is 11.1 Å². The van der Waals surface area contributed by atoms with Crippen LogP contribution >= 0.6 is 11.3 Å². The first-order valence-corrected chi connectivity index (χ1v) is 7.75. The molecule has 1 saturated carbocycles. The second-order valence-corrected chi connectivity index (χ2v) is 6.37. The average Bonchev–Trinajstić information content (AvgIpc) is 2.71. The van der Waals surface area contributed by atoms with Gasteiger partial charge >= 0.3 is 0 Å². The SMILES string of the molecule is CC(O)CCN(C)C(=O)c1sc(NC2CCC2)nc1N. The fourth-order valence-electron chi connectivity index (χ4n) is 1.93. The van der Waals surface area contributed by atoms with Gasteiger partial charge in [-0.05, 0) is 32.6 Å². The number of aromatic nitrogens is 1. The topological polar surface area (TPSA) is 91.5 Å². The van der Waals surface area contributed by atoms with Crippen molar-refractivity contribution in [3.8, 4) is 0 Å². The van der Waals surface area contributed by atoms with Gasteiger partial charge in [0.05, 0.1) is 6.10 Å². The van der Waals surface area contributed by atoms with Gasteiger partial charge in [0.15, 0.2) is 5.13 Å². The first-order valence-electron chi connectivity index (χ1n) is 6.93. The molecule has 112 valence electrons. The van der Waals surface area contributed by atoms with E-state index in [0.29, 0.717) is 23.9 Å². The van der Waals surface area contributed by atoms with Crippen LogP contribution in [0.3, 0.4) is 0 Å². The fraction of sp³-hybridized carbons (Fsp3) is 0.692. The van der Waals surface area contributed by atoms with Gasteiger partial charge in [0.25, 0.3) is 5.91 Å². The van der Waals surface area contributed by atoms with Crippen LogP contribution in [0.15, 0.2) is 0 Å². The van der Waals surface area contributed by atoms with Crippen LogP contribution in [0, 0.1) is 0 Å². The smallest absolute Gasteiger partial charge is 0.267 e. The van der Waals surface area contributed by atoms with Crippen LogP contribution in [-0.2, 0) is 0 Å². The number of nitrogens with two attached hydrogens (primary N) is 1. The Hall–Kier alpha value is -1.34. The van der Waals surface area contributed by atoms with Crippen LogP contribution in [0.5, 0.6) is 0 Å². The lowest BCUT2D eigenvalue weighted by molar-refractivity contribution is 0.0774. The summed E-state index contributed by atoms with van der Waals surface area (Å²) in [7, 11) is 1.71. The highest BCUT2D eigenvalue weighted by atomic mass is 32.1. The summed E-state index contributed by atoms with van der Waals surface area (Å²) in [4.78, 5) is 18.5. The number of carbonyl (C=O) groups excluding carboxylic acids is 1. The highest BCUT2D eigenvalue weighted by Crippen LogP contribution is 2.30. The van der Waals surface area contributed by atoms with E-state index in [1.54, 1.807) is 18.9 Å². The maximum absolute atomic E-state index is 12.3. The Morgan fingerprint density at radius 1 is 1.65 bits per heavy atom. The molecular weight excluding hydrogens is 276 g/mol. The molecule has 1 amide bonds. The lowest BCUT2D eigenvalue weighted by Crippen LogP contribution is -2.29. The number of hydrogen-bond donors (Lipinski definition) is 3. The highest BCUT2D eigenvalue weighted by Gasteiger charge is 2.23. The highest BCUT2D eigenvalue weighted by molar-refractivity contribution is 7.18. The third-order valence-electron chi connectivity index (χ3n) is 3.51. The largest absolute Gasteiger partial charge is 0.393 e. The molecule has 0 aliphatic heterocycles. The normalized spacial score (nSPS) is 16.6. The zero-order chi connectivity index (χ0) is 14.7. The number of aliphatic hydroxyl groups is 1. The van der Waals surface area contributed by atoms with Gasteiger partial charge in [-0.2, -0.15) is 0 Å². The number of anilines is 2. The number of hydrogen-bond acceptors (Lipinski definition) is 6. The molecule has 0 bridgehead atoms. The quantitative estimate of drug-likeness (QED) is 0.741. The van der Waals surface area contributed by atoms with E-state index in [1.165, 1.54) is 17.8 Å². The molecule has 20 heavy (non-hydrogen) atoms. The number of nitrogens with zero attached hydrogens (tertiary/aromatic N) is 2. The minimum atomic E-state index is -0.417. The summed E-state index contributed by atoms with van der Waals surface area (Å²) in [6, 6.07) is 0.469. The molecule has 0 saturated heterocycles. The minimum Gasteiger partial charge on any atom is -0.393 e. The molecule has 1 fully saturated rings. The lowest BCUT2D eigenvalue weighted by atomic mass is 9.93. The van der Waals surface area contributed by atoms with Gasteiger partial charge in [0.2, 0.25) is 0 Å². The van der Waals surface area contributed by atoms with E-state index in [4.69, 9.17) is 5.73 Å². The van der Waals surface area contributed by atoms with Crippen LogP contribution in [0.25, 0.3) is 0 Å². The molecule has 0 radical (unpaired) electrons. The molecule has 1 unspecified atom stereocenters. The van der Waals surface area contributed by atoms with Crippen LogP contribution in [0.2, 0.25) is 0 Å². The van der Waals surface area contributed by atoms with E-state index >= 15 is 0 Å². The second kappa shape index (κ2) is 6.41. The van der Waals surface area contributed by atoms with Gasteiger partial charge in [0.1, 0.15) is 10.7 Å². The number of nitrogen functional groups attached to an aromatic ring is 1. The Labute approximate surface area is 123 Å². The van der Waals surface area contributed by atoms with Crippen molar-refractivity contribution in [2.45, 2.75) is 44.8 Å². The third kappa shape index (κ3) is 3.61. The maximum atomic E-state index is 12.3. The van der Waals surface area contributed by atoms with Crippen molar-refractivity contribution in [2.24, 2.45) is 0 Å². The van der Waals surface area contributed by atoms with Gasteiger partial charge in [-0.15, -0.1) is 0 Å². The summed E-state index contributed by atoms with van der Waals surface area (Å²) in [6.45, 7) is 2.21. The minimum absolute atomic E-state index is 0.137. The summed E-state index contributed by atoms with van der Waals surface area (Å²) >= 11 is 1.31. The summed E-state index contributed by atoms with van der Waals surface area (Å²) in [5, 5.41) is 13.3. The summed E-state index contributed by atoms with van der Waals surface area (Å²) in [6.07, 6.45) is 3.68. The Bertz CT molecular complexity index is 471. The number of amides is 1. The van der Waals surface area contributed by atoms with Crippen LogP contribution in [-0.4, -0.2) is 46.6 Å². The summed E-state index contributed by atoms with van der Waals surface area (Å²) < 4.78 is 0. The van der Waals surface area contributed by atoms with Gasteiger partial charge < -0.3 is 21.1 Å². The van der Waals surface area contributed by atoms with Crippen LogP contribution in [0.1, 0.15) is 42.3 Å². The van der Waals surface area contributed by atoms with Gasteiger partial charge in [-0.3, -0.25) is 4.79 Å². The standard InChI is InChI=1S/C13H22N4O2S/c1-8(18)6-7-17(2)12(19)10-11(14)16-13(20-10)15-9-4-3-5-9/h8-9,18H,3-7,14H2,1-2H3,(H,15,16). The Morgan fingerprint density at radius 3 is 2.90 bits per heavy atom. The monoisotopic (exact) mass is 298 g/mol. The molecular formula is C13H22N4O2S. The predicted molar refractivity (Wildman–Crippen MR) is 81.0 cm³/mol. The molecule has 1 aromatic rings. The molecule has 7 heteroatoms. The first kappa shape index (κ1) is 15.1. The van der Waals surface area contributed by atoms with Crippen molar-refractivity contribution in [1.29, 1.82) is 0 Å². The number of nitrogens with one attached hydrogen (secondary N) is 1. The first-order chi connectivity index (χ1) is 9.47. The van der Waals surface area contributed by atoms with Crippen molar-refractivity contribution in [2.75, 3.05) is 24.6 Å². The zero-order valence-electron chi connectivity index (χ0n) is 11.9. The fourth-order valence-corrected chi connectivity index (χ4v) is 2.89. The van der Waals surface area contributed by atoms with Crippen LogP contribution in [0.4, 0.5) is 10.9 Å². The van der Waals surface area contributed by atoms with Crippen molar-refractivity contribution >= 4 is 28.2 Å². The molecule has 0 spiro atoms. The van der Waals surface area contributed by atoms with Gasteiger partial charge in [-0.25, -0.2) is 4.98 Å². The summed E-state index contributed by atoms with van der Waals surface area (Å²) in [5.74, 6) is 0.146. The molecule has 1 aromatic heterocycles. The molecule has 1 aliphatic carbocycles. The van der Waals surface area contributed by atoms with E-state index in [1.807, 2.05) is 0 Å². The van der Waals surface area contributed by atoms with Gasteiger partial charge in [-0.1, -0.05) is 11.3 Å². The van der Waals surface area contributed by atoms with E-state index in [2.05, 4.69) is 10.3 Å². The van der Waals surface area contributed by atoms with Crippen molar-refractivity contribution in [3.63, 3.8) is 0 Å². The number of rotatable bonds is 6. The molecule has 6 nitrogen and oxygen atoms in total. The zero-order valence-corrected chi connectivity index (χ0v) is 12.7. The Kier molecular flexibility index (Phi) is 4.82. The van der Waals surface area contributed by atoms with Crippen molar-refractivity contribution in [3.05, 3.63) is 4.88 Å². The van der Waals surface area contributed by atoms with E-state index in [-0.39, 0.29) is 11.7 Å².